The lowest BCUT2D eigenvalue weighted by Gasteiger charge is -2.27. The molecule has 0 aromatic carbocycles. The van der Waals surface area contributed by atoms with Crippen molar-refractivity contribution in [2.45, 2.75) is 50.5 Å². The minimum absolute atomic E-state index is 0. The number of guanidine groups is 1. The lowest BCUT2D eigenvalue weighted by atomic mass is 10.0. The van der Waals surface area contributed by atoms with Crippen LogP contribution >= 0.6 is 24.0 Å². The molecule has 0 aromatic heterocycles. The van der Waals surface area contributed by atoms with E-state index in [2.05, 4.69) is 20.1 Å². The molecule has 3 aliphatic rings. The Morgan fingerprint density at radius 1 is 1.17 bits per heavy atom. The van der Waals surface area contributed by atoms with E-state index in [1.54, 1.807) is 0 Å². The highest BCUT2D eigenvalue weighted by Crippen LogP contribution is 2.28. The number of likely N-dealkylation sites (tertiary alicyclic amines) is 2. The molecule has 6 heteroatoms. The second kappa shape index (κ2) is 8.85. The number of aliphatic hydroxyl groups is 1. The molecule has 5 nitrogen and oxygen atoms in total. The zero-order chi connectivity index (χ0) is 15.4. The van der Waals surface area contributed by atoms with Gasteiger partial charge in [0.15, 0.2) is 5.96 Å². The first-order chi connectivity index (χ1) is 10.7. The van der Waals surface area contributed by atoms with Crippen LogP contribution in [0.5, 0.6) is 0 Å². The standard InChI is InChI=1S/C17H32N4O.HI/c1-18-16(19-14-17(22)7-2-3-8-17)21-11-6-15(13-21)12-20-9-4-5-10-20;/h15,22H,2-14H2,1H3,(H,18,19);1H. The van der Waals surface area contributed by atoms with Gasteiger partial charge in [0.1, 0.15) is 0 Å². The van der Waals surface area contributed by atoms with Crippen LogP contribution in [-0.2, 0) is 0 Å². The molecule has 0 amide bonds. The molecule has 3 rings (SSSR count). The summed E-state index contributed by atoms with van der Waals surface area (Å²) in [5.41, 5.74) is -0.509. The Hall–Kier alpha value is -0.0800. The van der Waals surface area contributed by atoms with Gasteiger partial charge in [0.05, 0.1) is 5.60 Å². The average molecular weight is 436 g/mol. The molecular formula is C17H33IN4O. The van der Waals surface area contributed by atoms with Gasteiger partial charge in [0.25, 0.3) is 0 Å². The smallest absolute Gasteiger partial charge is 0.193 e. The van der Waals surface area contributed by atoms with Crippen molar-refractivity contribution < 1.29 is 5.11 Å². The van der Waals surface area contributed by atoms with Crippen molar-refractivity contribution in [2.24, 2.45) is 10.9 Å². The second-order valence-electron chi connectivity index (χ2n) is 7.44. The molecule has 0 radical (unpaired) electrons. The van der Waals surface area contributed by atoms with Gasteiger partial charge in [0, 0.05) is 33.2 Å². The molecule has 134 valence electrons. The van der Waals surface area contributed by atoms with Crippen LogP contribution in [0.3, 0.4) is 0 Å². The lowest BCUT2D eigenvalue weighted by molar-refractivity contribution is 0.0516. The summed E-state index contributed by atoms with van der Waals surface area (Å²) in [6.07, 6.45) is 8.16. The van der Waals surface area contributed by atoms with Crippen LogP contribution in [0, 0.1) is 5.92 Å². The van der Waals surface area contributed by atoms with Gasteiger partial charge in [-0.3, -0.25) is 4.99 Å². The third-order valence-electron chi connectivity index (χ3n) is 5.62. The van der Waals surface area contributed by atoms with Gasteiger partial charge in [-0.1, -0.05) is 12.8 Å². The zero-order valence-electron chi connectivity index (χ0n) is 14.5. The average Bonchev–Trinajstić information content (AvgIpc) is 3.24. The van der Waals surface area contributed by atoms with Crippen LogP contribution in [0.4, 0.5) is 0 Å². The number of halogens is 1. The highest BCUT2D eigenvalue weighted by Gasteiger charge is 2.32. The molecule has 0 bridgehead atoms. The normalized spacial score (nSPS) is 28.2. The molecule has 2 N–H and O–H groups in total. The van der Waals surface area contributed by atoms with Crippen molar-refractivity contribution >= 4 is 29.9 Å². The third-order valence-corrected chi connectivity index (χ3v) is 5.62. The van der Waals surface area contributed by atoms with Crippen molar-refractivity contribution in [1.82, 2.24) is 15.1 Å². The van der Waals surface area contributed by atoms with Crippen LogP contribution in [-0.4, -0.2) is 72.8 Å². The van der Waals surface area contributed by atoms with Crippen LogP contribution in [0.25, 0.3) is 0 Å². The van der Waals surface area contributed by atoms with Crippen LogP contribution in [0.1, 0.15) is 44.9 Å². The Kier molecular flexibility index (Phi) is 7.41. The maximum atomic E-state index is 10.5. The lowest BCUT2D eigenvalue weighted by Crippen LogP contribution is -2.47. The quantitative estimate of drug-likeness (QED) is 0.402. The molecule has 2 saturated heterocycles. The fourth-order valence-electron chi connectivity index (χ4n) is 4.29. The molecule has 3 fully saturated rings. The van der Waals surface area contributed by atoms with E-state index in [-0.39, 0.29) is 24.0 Å². The van der Waals surface area contributed by atoms with Crippen LogP contribution < -0.4 is 5.32 Å². The summed E-state index contributed by atoms with van der Waals surface area (Å²) in [4.78, 5) is 9.43. The van der Waals surface area contributed by atoms with Crippen molar-refractivity contribution in [3.8, 4) is 0 Å². The van der Waals surface area contributed by atoms with Crippen LogP contribution in [0.2, 0.25) is 0 Å². The van der Waals surface area contributed by atoms with E-state index in [0.717, 1.165) is 50.7 Å². The van der Waals surface area contributed by atoms with Gasteiger partial charge < -0.3 is 20.2 Å². The number of nitrogens with one attached hydrogen (secondary N) is 1. The topological polar surface area (TPSA) is 51.1 Å². The van der Waals surface area contributed by atoms with E-state index in [0.29, 0.717) is 6.54 Å². The number of nitrogens with zero attached hydrogens (tertiary/aromatic N) is 3. The monoisotopic (exact) mass is 436 g/mol. The Balaban J connectivity index is 0.00000192. The number of hydrogen-bond acceptors (Lipinski definition) is 3. The van der Waals surface area contributed by atoms with Gasteiger partial charge in [-0.25, -0.2) is 0 Å². The van der Waals surface area contributed by atoms with Gasteiger partial charge >= 0.3 is 0 Å². The predicted molar refractivity (Wildman–Crippen MR) is 106 cm³/mol. The molecule has 2 heterocycles. The summed E-state index contributed by atoms with van der Waals surface area (Å²) in [7, 11) is 1.86. The zero-order valence-corrected chi connectivity index (χ0v) is 16.8. The highest BCUT2D eigenvalue weighted by molar-refractivity contribution is 14.0. The first kappa shape index (κ1) is 19.2. The molecule has 0 aromatic rings. The fourth-order valence-corrected chi connectivity index (χ4v) is 4.29. The minimum Gasteiger partial charge on any atom is -0.388 e. The van der Waals surface area contributed by atoms with E-state index >= 15 is 0 Å². The first-order valence-electron chi connectivity index (χ1n) is 9.09. The van der Waals surface area contributed by atoms with E-state index in [1.165, 1.54) is 38.9 Å². The summed E-state index contributed by atoms with van der Waals surface area (Å²) in [6, 6.07) is 0. The maximum Gasteiger partial charge on any atom is 0.193 e. The predicted octanol–water partition coefficient (Wildman–Crippen LogP) is 1.90. The number of aliphatic imine (C=N–C) groups is 1. The molecule has 23 heavy (non-hydrogen) atoms. The van der Waals surface area contributed by atoms with Gasteiger partial charge in [-0.2, -0.15) is 0 Å². The summed E-state index contributed by atoms with van der Waals surface area (Å²) in [5, 5.41) is 13.9. The van der Waals surface area contributed by atoms with Crippen molar-refractivity contribution in [3.05, 3.63) is 0 Å². The van der Waals surface area contributed by atoms with Crippen molar-refractivity contribution in [2.75, 3.05) is 46.3 Å². The summed E-state index contributed by atoms with van der Waals surface area (Å²) in [5.74, 6) is 1.75. The van der Waals surface area contributed by atoms with E-state index < -0.39 is 5.60 Å². The highest BCUT2D eigenvalue weighted by atomic mass is 127. The molecule has 1 saturated carbocycles. The molecular weight excluding hydrogens is 403 g/mol. The first-order valence-corrected chi connectivity index (χ1v) is 9.09. The molecule has 2 aliphatic heterocycles. The third kappa shape index (κ3) is 5.19. The fraction of sp³-hybridized carbons (Fsp3) is 0.941. The molecule has 1 aliphatic carbocycles. The minimum atomic E-state index is -0.509. The largest absolute Gasteiger partial charge is 0.388 e. The molecule has 0 spiro atoms. The summed E-state index contributed by atoms with van der Waals surface area (Å²) >= 11 is 0. The SMILES string of the molecule is CN=C(NCC1(O)CCCC1)N1CCC(CN2CCCC2)C1.I. The van der Waals surface area contributed by atoms with Gasteiger partial charge in [0.2, 0.25) is 0 Å². The van der Waals surface area contributed by atoms with E-state index in [4.69, 9.17) is 0 Å². The van der Waals surface area contributed by atoms with Gasteiger partial charge in [-0.15, -0.1) is 24.0 Å². The molecule has 1 atom stereocenters. The van der Waals surface area contributed by atoms with Crippen molar-refractivity contribution in [3.63, 3.8) is 0 Å². The van der Waals surface area contributed by atoms with Crippen molar-refractivity contribution in [1.29, 1.82) is 0 Å². The van der Waals surface area contributed by atoms with Crippen LogP contribution in [0.15, 0.2) is 4.99 Å². The van der Waals surface area contributed by atoms with E-state index in [1.807, 2.05) is 7.05 Å². The Morgan fingerprint density at radius 2 is 1.87 bits per heavy atom. The number of rotatable bonds is 4. The number of hydrogen-bond donors (Lipinski definition) is 2. The van der Waals surface area contributed by atoms with E-state index in [9.17, 15) is 5.11 Å². The summed E-state index contributed by atoms with van der Waals surface area (Å²) < 4.78 is 0. The Morgan fingerprint density at radius 3 is 2.52 bits per heavy atom. The van der Waals surface area contributed by atoms with Gasteiger partial charge in [-0.05, 0) is 51.1 Å². The second-order valence-corrected chi connectivity index (χ2v) is 7.44. The Bertz CT molecular complexity index is 392. The maximum absolute atomic E-state index is 10.5. The Labute approximate surface area is 157 Å². The molecule has 1 unspecified atom stereocenters. The summed E-state index contributed by atoms with van der Waals surface area (Å²) in [6.45, 7) is 6.67.